The number of nitrogens with zero attached hydrogens (tertiary/aromatic N) is 2. The largest absolute Gasteiger partial charge is 0.355 e. The number of hydroxylamine groups is 2. The van der Waals surface area contributed by atoms with Crippen LogP contribution in [0.5, 0.6) is 0 Å². The van der Waals surface area contributed by atoms with Crippen molar-refractivity contribution in [3.8, 4) is 0 Å². The molecule has 2 fully saturated rings. The minimum Gasteiger partial charge on any atom is -0.328 e. The normalized spacial score (nSPS) is 20.6. The predicted octanol–water partition coefficient (Wildman–Crippen LogP) is 1.30. The number of benzene rings is 1. The van der Waals surface area contributed by atoms with Crippen LogP contribution < -0.4 is 0 Å². The third kappa shape index (κ3) is 3.76. The van der Waals surface area contributed by atoms with Crippen molar-refractivity contribution in [1.29, 1.82) is 0 Å². The van der Waals surface area contributed by atoms with Gasteiger partial charge in [0.05, 0.1) is 0 Å². The molecule has 3 amide bonds. The van der Waals surface area contributed by atoms with Crippen molar-refractivity contribution < 1.29 is 24.0 Å². The van der Waals surface area contributed by atoms with Gasteiger partial charge in [-0.05, 0) is 24.5 Å². The van der Waals surface area contributed by atoms with E-state index in [4.69, 9.17) is 4.84 Å². The lowest BCUT2D eigenvalue weighted by Crippen LogP contribution is -2.44. The van der Waals surface area contributed by atoms with Gasteiger partial charge in [0.2, 0.25) is 5.91 Å². The Balaban J connectivity index is 1.64. The average molecular weight is 342 g/mol. The van der Waals surface area contributed by atoms with Crippen LogP contribution in [0, 0.1) is 0 Å². The summed E-state index contributed by atoms with van der Waals surface area (Å²) in [5, 5.41) is 0.517. The monoisotopic (exact) mass is 342 g/mol. The molecule has 0 aliphatic carbocycles. The van der Waals surface area contributed by atoms with Crippen LogP contribution in [0.4, 0.5) is 0 Å². The van der Waals surface area contributed by atoms with Crippen molar-refractivity contribution in [2.24, 2.45) is 0 Å². The van der Waals surface area contributed by atoms with Crippen molar-refractivity contribution in [2.45, 2.75) is 31.7 Å². The Morgan fingerprint density at radius 3 is 2.44 bits per heavy atom. The van der Waals surface area contributed by atoms with E-state index >= 15 is 0 Å². The zero-order valence-corrected chi connectivity index (χ0v) is 13.6. The molecule has 0 aromatic heterocycles. The first-order valence-corrected chi connectivity index (χ1v) is 8.17. The standard InChI is InChI=1S/C18H18N2O5/c21-15(9-8-13-5-2-1-3-6-13)19-12-4-7-14(19)18(24)25-20-16(22)10-11-17(20)23/h1-3,5-6,8-9,14H,4,7,10-12H2/t14-/m0/s1. The zero-order valence-electron chi connectivity index (χ0n) is 13.6. The van der Waals surface area contributed by atoms with E-state index in [1.807, 2.05) is 30.3 Å². The van der Waals surface area contributed by atoms with Crippen molar-refractivity contribution in [2.75, 3.05) is 6.54 Å². The summed E-state index contributed by atoms with van der Waals surface area (Å²) in [5.41, 5.74) is 0.877. The summed E-state index contributed by atoms with van der Waals surface area (Å²) in [7, 11) is 0. The number of carbonyl (C=O) groups excluding carboxylic acids is 4. The number of hydrogen-bond acceptors (Lipinski definition) is 5. The Morgan fingerprint density at radius 1 is 1.08 bits per heavy atom. The highest BCUT2D eigenvalue weighted by Crippen LogP contribution is 2.21. The van der Waals surface area contributed by atoms with Gasteiger partial charge >= 0.3 is 5.97 Å². The van der Waals surface area contributed by atoms with Crippen LogP contribution in [-0.2, 0) is 24.0 Å². The minimum atomic E-state index is -0.783. The summed E-state index contributed by atoms with van der Waals surface area (Å²) in [6.07, 6.45) is 4.27. The van der Waals surface area contributed by atoms with Gasteiger partial charge in [-0.2, -0.15) is 0 Å². The van der Waals surface area contributed by atoms with E-state index in [1.54, 1.807) is 6.08 Å². The lowest BCUT2D eigenvalue weighted by Gasteiger charge is -2.23. The first-order valence-electron chi connectivity index (χ1n) is 8.17. The van der Waals surface area contributed by atoms with E-state index in [1.165, 1.54) is 11.0 Å². The van der Waals surface area contributed by atoms with E-state index in [2.05, 4.69) is 0 Å². The second kappa shape index (κ2) is 7.29. The molecule has 25 heavy (non-hydrogen) atoms. The van der Waals surface area contributed by atoms with Gasteiger partial charge in [-0.3, -0.25) is 14.4 Å². The highest BCUT2D eigenvalue weighted by Gasteiger charge is 2.39. The van der Waals surface area contributed by atoms with Crippen molar-refractivity contribution >= 4 is 29.8 Å². The van der Waals surface area contributed by atoms with Crippen LogP contribution in [0.25, 0.3) is 6.08 Å². The van der Waals surface area contributed by atoms with Crippen LogP contribution in [0.1, 0.15) is 31.2 Å². The molecule has 0 saturated carbocycles. The molecule has 0 spiro atoms. The molecule has 1 aromatic carbocycles. The maximum atomic E-state index is 12.4. The topological polar surface area (TPSA) is 84.0 Å². The average Bonchev–Trinajstić information content (AvgIpc) is 3.23. The number of hydrogen-bond donors (Lipinski definition) is 0. The second-order valence-electron chi connectivity index (χ2n) is 5.93. The van der Waals surface area contributed by atoms with Crippen molar-refractivity contribution in [3.05, 3.63) is 42.0 Å². The maximum absolute atomic E-state index is 12.4. The van der Waals surface area contributed by atoms with Gasteiger partial charge in [0.15, 0.2) is 0 Å². The highest BCUT2D eigenvalue weighted by atomic mass is 16.7. The SMILES string of the molecule is O=C(ON1C(=O)CCC1=O)[C@@H]1CCCN1C(=O)C=Cc1ccccc1. The Labute approximate surface area is 144 Å². The molecule has 0 bridgehead atoms. The molecule has 0 radical (unpaired) electrons. The molecule has 1 aromatic rings. The molecule has 130 valence electrons. The van der Waals surface area contributed by atoms with Crippen molar-refractivity contribution in [1.82, 2.24) is 9.96 Å². The summed E-state index contributed by atoms with van der Waals surface area (Å²) in [6, 6.07) is 8.56. The molecular weight excluding hydrogens is 324 g/mol. The number of imide groups is 1. The van der Waals surface area contributed by atoms with E-state index in [9.17, 15) is 19.2 Å². The Morgan fingerprint density at radius 2 is 1.76 bits per heavy atom. The molecule has 2 saturated heterocycles. The number of carbonyl (C=O) groups is 4. The summed E-state index contributed by atoms with van der Waals surface area (Å²) in [6.45, 7) is 0.430. The van der Waals surface area contributed by atoms with Crippen molar-refractivity contribution in [3.63, 3.8) is 0 Å². The van der Waals surface area contributed by atoms with Gasteiger partial charge in [-0.15, -0.1) is 5.06 Å². The lowest BCUT2D eigenvalue weighted by atomic mass is 10.2. The minimum absolute atomic E-state index is 0.0409. The molecule has 0 unspecified atom stereocenters. The lowest BCUT2D eigenvalue weighted by molar-refractivity contribution is -0.200. The van der Waals surface area contributed by atoms with Crippen LogP contribution in [0.2, 0.25) is 0 Å². The fourth-order valence-electron chi connectivity index (χ4n) is 2.91. The molecule has 2 aliphatic rings. The summed E-state index contributed by atoms with van der Waals surface area (Å²) in [4.78, 5) is 54.1. The summed E-state index contributed by atoms with van der Waals surface area (Å²) < 4.78 is 0. The van der Waals surface area contributed by atoms with Gasteiger partial charge in [0, 0.05) is 25.5 Å². The first-order chi connectivity index (χ1) is 12.1. The second-order valence-corrected chi connectivity index (χ2v) is 5.93. The Bertz CT molecular complexity index is 712. The zero-order chi connectivity index (χ0) is 17.8. The van der Waals surface area contributed by atoms with Gasteiger partial charge in [-0.25, -0.2) is 4.79 Å². The Kier molecular flexibility index (Phi) is 4.92. The number of likely N-dealkylation sites (tertiary alicyclic amines) is 1. The summed E-state index contributed by atoms with van der Waals surface area (Å²) in [5.74, 6) is -2.11. The third-order valence-corrected chi connectivity index (χ3v) is 4.21. The third-order valence-electron chi connectivity index (χ3n) is 4.21. The molecule has 2 aliphatic heterocycles. The summed E-state index contributed by atoms with van der Waals surface area (Å²) >= 11 is 0. The van der Waals surface area contributed by atoms with Gasteiger partial charge in [0.1, 0.15) is 6.04 Å². The molecule has 7 heteroatoms. The van der Waals surface area contributed by atoms with Crippen LogP contribution >= 0.6 is 0 Å². The Hall–Kier alpha value is -2.96. The van der Waals surface area contributed by atoms with E-state index < -0.39 is 23.8 Å². The van der Waals surface area contributed by atoms with Gasteiger partial charge in [0.25, 0.3) is 11.8 Å². The molecule has 7 nitrogen and oxygen atoms in total. The van der Waals surface area contributed by atoms with Crippen LogP contribution in [0.15, 0.2) is 36.4 Å². The quantitative estimate of drug-likeness (QED) is 0.608. The van der Waals surface area contributed by atoms with Crippen LogP contribution in [-0.4, -0.2) is 46.2 Å². The fourth-order valence-corrected chi connectivity index (χ4v) is 2.91. The first kappa shape index (κ1) is 16.9. The molecular formula is C18H18N2O5. The smallest absolute Gasteiger partial charge is 0.328 e. The molecule has 0 N–H and O–H groups in total. The molecule has 3 rings (SSSR count). The fraction of sp³-hybridized carbons (Fsp3) is 0.333. The maximum Gasteiger partial charge on any atom is 0.355 e. The van der Waals surface area contributed by atoms with E-state index in [0.717, 1.165) is 5.56 Å². The molecule has 1 atom stereocenters. The van der Waals surface area contributed by atoms with E-state index in [0.29, 0.717) is 24.4 Å². The molecule has 2 heterocycles. The number of amides is 3. The van der Waals surface area contributed by atoms with E-state index in [-0.39, 0.29) is 18.7 Å². The van der Waals surface area contributed by atoms with Gasteiger partial charge < -0.3 is 9.74 Å². The number of rotatable bonds is 4. The predicted molar refractivity (Wildman–Crippen MR) is 87.4 cm³/mol. The van der Waals surface area contributed by atoms with Gasteiger partial charge in [-0.1, -0.05) is 30.3 Å². The highest BCUT2D eigenvalue weighted by molar-refractivity contribution is 6.02. The van der Waals surface area contributed by atoms with Crippen LogP contribution in [0.3, 0.4) is 0 Å².